The Kier molecular flexibility index (Phi) is 4.89. The van der Waals surface area contributed by atoms with Gasteiger partial charge in [-0.1, -0.05) is 16.8 Å². The van der Waals surface area contributed by atoms with Crippen LogP contribution in [0.5, 0.6) is 0 Å². The molecular weight excluding hydrogens is 410 g/mol. The second-order valence-corrected chi connectivity index (χ2v) is 7.04. The van der Waals surface area contributed by atoms with Gasteiger partial charge in [0, 0.05) is 29.6 Å². The maximum Gasteiger partial charge on any atom is 0.295 e. The minimum Gasteiger partial charge on any atom is -0.455 e. The zero-order valence-corrected chi connectivity index (χ0v) is 15.5. The lowest BCUT2D eigenvalue weighted by Crippen LogP contribution is -2.42. The highest BCUT2D eigenvalue weighted by molar-refractivity contribution is 9.10. The molecule has 3 heterocycles. The Labute approximate surface area is 157 Å². The van der Waals surface area contributed by atoms with Gasteiger partial charge in [0.25, 0.3) is 5.89 Å². The van der Waals surface area contributed by atoms with Crippen LogP contribution in [0.15, 0.2) is 43.7 Å². The molecule has 0 aliphatic carbocycles. The molecule has 0 amide bonds. The molecule has 130 valence electrons. The highest BCUT2D eigenvalue weighted by Crippen LogP contribution is 2.32. The lowest BCUT2D eigenvalue weighted by Gasteiger charge is -2.22. The largest absolute Gasteiger partial charge is 0.455 e. The van der Waals surface area contributed by atoms with E-state index in [9.17, 15) is 0 Å². The van der Waals surface area contributed by atoms with Gasteiger partial charge >= 0.3 is 0 Å². The van der Waals surface area contributed by atoms with Crippen molar-refractivity contribution in [3.05, 3.63) is 45.6 Å². The monoisotopic (exact) mass is 423 g/mol. The van der Waals surface area contributed by atoms with E-state index in [0.29, 0.717) is 29.1 Å². The summed E-state index contributed by atoms with van der Waals surface area (Å²) in [4.78, 5) is 4.42. The summed E-state index contributed by atoms with van der Waals surface area (Å²) in [6.07, 6.45) is 0.733. The molecule has 25 heavy (non-hydrogen) atoms. The number of ether oxygens (including phenoxy) is 1. The molecule has 6 nitrogen and oxygen atoms in total. The molecule has 1 aliphatic rings. The fourth-order valence-electron chi connectivity index (χ4n) is 2.69. The maximum absolute atomic E-state index is 5.91. The van der Waals surface area contributed by atoms with Gasteiger partial charge in [0.1, 0.15) is 5.76 Å². The Morgan fingerprint density at radius 3 is 2.88 bits per heavy atom. The van der Waals surface area contributed by atoms with Crippen LogP contribution in [0.4, 0.5) is 0 Å². The maximum atomic E-state index is 5.91. The van der Waals surface area contributed by atoms with E-state index in [-0.39, 0.29) is 6.04 Å². The molecule has 0 saturated carbocycles. The minimum absolute atomic E-state index is 0.243. The smallest absolute Gasteiger partial charge is 0.295 e. The van der Waals surface area contributed by atoms with E-state index < -0.39 is 0 Å². The van der Waals surface area contributed by atoms with E-state index in [1.54, 1.807) is 12.1 Å². The number of hydrogen-bond acceptors (Lipinski definition) is 6. The number of aromatic nitrogens is 2. The number of nitrogens with zero attached hydrogens (tertiary/aromatic N) is 2. The number of nitrogens with one attached hydrogen (secondary N) is 1. The van der Waals surface area contributed by atoms with Crippen molar-refractivity contribution in [2.24, 2.45) is 0 Å². The van der Waals surface area contributed by atoms with Crippen molar-refractivity contribution < 1.29 is 13.7 Å². The van der Waals surface area contributed by atoms with Crippen molar-refractivity contribution in [3.63, 3.8) is 0 Å². The molecule has 1 aliphatic heterocycles. The molecule has 1 N–H and O–H groups in total. The zero-order chi connectivity index (χ0) is 17.2. The summed E-state index contributed by atoms with van der Waals surface area (Å²) in [6.45, 7) is 2.28. The lowest BCUT2D eigenvalue weighted by atomic mass is 10.1. The quantitative estimate of drug-likeness (QED) is 0.684. The first-order valence-electron chi connectivity index (χ1n) is 7.88. The van der Waals surface area contributed by atoms with Crippen molar-refractivity contribution in [3.8, 4) is 23.0 Å². The molecule has 1 aromatic carbocycles. The molecule has 0 spiro atoms. The van der Waals surface area contributed by atoms with Crippen LogP contribution in [0.25, 0.3) is 23.0 Å². The molecule has 1 unspecified atom stereocenters. The Balaban J connectivity index is 1.54. The molecule has 1 saturated heterocycles. The standard InChI is InChI=1S/C17H15BrClN3O3/c18-14-8-13(7-12-9-23-6-5-20-12)24-15(14)17-21-16(22-25-17)10-1-3-11(19)4-2-10/h1-4,8,12,20H,5-7,9H2. The normalized spacial score (nSPS) is 17.8. The fraction of sp³-hybridized carbons (Fsp3) is 0.294. The van der Waals surface area contributed by atoms with Gasteiger partial charge in [0.2, 0.25) is 11.6 Å². The first kappa shape index (κ1) is 16.8. The fourth-order valence-corrected chi connectivity index (χ4v) is 3.32. The van der Waals surface area contributed by atoms with Gasteiger partial charge in [-0.3, -0.25) is 0 Å². The Morgan fingerprint density at radius 1 is 1.28 bits per heavy atom. The molecule has 1 fully saturated rings. The minimum atomic E-state index is 0.243. The average molecular weight is 425 g/mol. The highest BCUT2D eigenvalue weighted by Gasteiger charge is 2.21. The van der Waals surface area contributed by atoms with E-state index in [1.807, 2.05) is 18.2 Å². The molecule has 8 heteroatoms. The molecule has 1 atom stereocenters. The summed E-state index contributed by atoms with van der Waals surface area (Å²) in [6, 6.07) is 9.42. The number of halogens is 2. The van der Waals surface area contributed by atoms with E-state index >= 15 is 0 Å². The summed E-state index contributed by atoms with van der Waals surface area (Å²) < 4.78 is 17.5. The second-order valence-electron chi connectivity index (χ2n) is 5.75. The van der Waals surface area contributed by atoms with Gasteiger partial charge in [-0.25, -0.2) is 0 Å². The molecule has 0 radical (unpaired) electrons. The molecule has 2 aromatic heterocycles. The van der Waals surface area contributed by atoms with Gasteiger partial charge in [-0.2, -0.15) is 4.98 Å². The highest BCUT2D eigenvalue weighted by atomic mass is 79.9. The van der Waals surface area contributed by atoms with Crippen LogP contribution in [0.3, 0.4) is 0 Å². The van der Waals surface area contributed by atoms with Crippen molar-refractivity contribution in [1.29, 1.82) is 0 Å². The van der Waals surface area contributed by atoms with Crippen molar-refractivity contribution in [2.45, 2.75) is 12.5 Å². The van der Waals surface area contributed by atoms with Gasteiger partial charge in [0.15, 0.2) is 0 Å². The topological polar surface area (TPSA) is 73.3 Å². The van der Waals surface area contributed by atoms with Crippen LogP contribution in [0.2, 0.25) is 5.02 Å². The third kappa shape index (κ3) is 3.79. The number of hydrogen-bond donors (Lipinski definition) is 1. The van der Waals surface area contributed by atoms with E-state index in [2.05, 4.69) is 31.4 Å². The SMILES string of the molecule is Clc1ccc(-c2noc(-c3oc(CC4COCCN4)cc3Br)n2)cc1. The zero-order valence-electron chi connectivity index (χ0n) is 13.2. The van der Waals surface area contributed by atoms with Crippen LogP contribution in [-0.2, 0) is 11.2 Å². The van der Waals surface area contributed by atoms with Crippen LogP contribution in [0.1, 0.15) is 5.76 Å². The Hall–Kier alpha value is -1.67. The van der Waals surface area contributed by atoms with Crippen molar-refractivity contribution in [1.82, 2.24) is 15.5 Å². The van der Waals surface area contributed by atoms with Gasteiger partial charge in [0.05, 0.1) is 17.7 Å². The van der Waals surface area contributed by atoms with Crippen LogP contribution < -0.4 is 5.32 Å². The summed E-state index contributed by atoms with van der Waals surface area (Å²) in [7, 11) is 0. The molecular formula is C17H15BrClN3O3. The predicted octanol–water partition coefficient (Wildman–Crippen LogP) is 3.94. The summed E-state index contributed by atoms with van der Waals surface area (Å²) in [5, 5.41) is 8.08. The third-order valence-corrected chi connectivity index (χ3v) is 4.75. The number of furan rings is 1. The van der Waals surface area contributed by atoms with Crippen molar-refractivity contribution in [2.75, 3.05) is 19.8 Å². The van der Waals surface area contributed by atoms with E-state index in [1.165, 1.54) is 0 Å². The first-order valence-corrected chi connectivity index (χ1v) is 9.05. The number of rotatable bonds is 4. The van der Waals surface area contributed by atoms with Crippen LogP contribution in [0, 0.1) is 0 Å². The predicted molar refractivity (Wildman–Crippen MR) is 96.5 cm³/mol. The summed E-state index contributed by atoms with van der Waals surface area (Å²) >= 11 is 9.41. The third-order valence-electron chi connectivity index (χ3n) is 3.91. The van der Waals surface area contributed by atoms with E-state index in [4.69, 9.17) is 25.3 Å². The summed E-state index contributed by atoms with van der Waals surface area (Å²) in [5.74, 6) is 2.17. The van der Waals surface area contributed by atoms with Crippen molar-refractivity contribution >= 4 is 27.5 Å². The van der Waals surface area contributed by atoms with Gasteiger partial charge in [-0.15, -0.1) is 0 Å². The molecule has 4 rings (SSSR count). The van der Waals surface area contributed by atoms with Crippen LogP contribution in [-0.4, -0.2) is 35.9 Å². The molecule has 3 aromatic rings. The summed E-state index contributed by atoms with van der Waals surface area (Å²) in [5.41, 5.74) is 0.825. The Morgan fingerprint density at radius 2 is 2.12 bits per heavy atom. The number of benzene rings is 1. The van der Waals surface area contributed by atoms with E-state index in [0.717, 1.165) is 35.4 Å². The molecule has 0 bridgehead atoms. The average Bonchev–Trinajstić information content (AvgIpc) is 3.23. The van der Waals surface area contributed by atoms with Gasteiger partial charge < -0.3 is 19.0 Å². The number of morpholine rings is 1. The van der Waals surface area contributed by atoms with Crippen LogP contribution >= 0.6 is 27.5 Å². The van der Waals surface area contributed by atoms with Gasteiger partial charge in [-0.05, 0) is 46.3 Å². The lowest BCUT2D eigenvalue weighted by molar-refractivity contribution is 0.0754. The second kappa shape index (κ2) is 7.29. The Bertz CT molecular complexity index is 856. The first-order chi connectivity index (χ1) is 12.2.